The summed E-state index contributed by atoms with van der Waals surface area (Å²) in [5.74, 6) is -0.140. The van der Waals surface area contributed by atoms with Crippen molar-refractivity contribution < 1.29 is 14.4 Å². The number of amides is 3. The molecule has 2 aromatic heterocycles. The molecule has 2 N–H and O–H groups in total. The lowest BCUT2D eigenvalue weighted by Gasteiger charge is -2.35. The van der Waals surface area contributed by atoms with Crippen LogP contribution < -0.4 is 10.6 Å². The molecule has 0 spiro atoms. The molecule has 0 bridgehead atoms. The second kappa shape index (κ2) is 13.3. The Morgan fingerprint density at radius 3 is 2.54 bits per heavy atom. The first-order chi connectivity index (χ1) is 20.0. The molecule has 10 heteroatoms. The Hall–Kier alpha value is -3.66. The van der Waals surface area contributed by atoms with Gasteiger partial charge in [0.1, 0.15) is 22.8 Å². The average Bonchev–Trinajstić information content (AvgIpc) is 3.68. The van der Waals surface area contributed by atoms with E-state index in [0.717, 1.165) is 49.0 Å². The Labute approximate surface area is 245 Å². The standard InChI is InChI=1S/C31H38N6O3S/c1-3-20(2)28(38)34-25(21-11-6-4-7-12-21)31(40)37-18-10-15-24(37)29(39)35-27-26(22-13-8-5-9-14-22)41-30(36-27)23-19-32-16-17-33-23/h5,8-9,13-14,16-17,19-21,24-25H,3-4,6-7,10-12,15,18H2,1-2H3,(H,34,38)(H,35,39)/t20-,24+,25+/m1/s1. The number of nitrogens with zero attached hydrogens (tertiary/aromatic N) is 4. The number of hydrogen-bond donors (Lipinski definition) is 2. The van der Waals surface area contributed by atoms with Crippen LogP contribution in [0, 0.1) is 11.8 Å². The van der Waals surface area contributed by atoms with Crippen molar-refractivity contribution in [2.45, 2.75) is 77.3 Å². The second-order valence-electron chi connectivity index (χ2n) is 11.0. The smallest absolute Gasteiger partial charge is 0.248 e. The van der Waals surface area contributed by atoms with E-state index < -0.39 is 12.1 Å². The summed E-state index contributed by atoms with van der Waals surface area (Å²) in [6.45, 7) is 4.35. The van der Waals surface area contributed by atoms with Crippen LogP contribution in [0.2, 0.25) is 0 Å². The summed E-state index contributed by atoms with van der Waals surface area (Å²) in [5.41, 5.74) is 1.56. The van der Waals surface area contributed by atoms with Crippen LogP contribution in [0.1, 0.15) is 65.2 Å². The Balaban J connectivity index is 1.38. The molecular formula is C31H38N6O3S. The van der Waals surface area contributed by atoms with Gasteiger partial charge >= 0.3 is 0 Å². The zero-order chi connectivity index (χ0) is 28.8. The van der Waals surface area contributed by atoms with Gasteiger partial charge < -0.3 is 15.5 Å². The van der Waals surface area contributed by atoms with Gasteiger partial charge in [0.15, 0.2) is 5.82 Å². The molecule has 1 aliphatic heterocycles. The molecule has 1 aromatic carbocycles. The van der Waals surface area contributed by atoms with Crippen molar-refractivity contribution >= 4 is 34.9 Å². The fourth-order valence-corrected chi connectivity index (χ4v) is 6.71. The minimum atomic E-state index is -0.626. The molecule has 2 fully saturated rings. The third kappa shape index (κ3) is 6.64. The number of carbonyl (C=O) groups is 3. The first-order valence-electron chi connectivity index (χ1n) is 14.7. The number of aromatic nitrogens is 3. The van der Waals surface area contributed by atoms with Gasteiger partial charge in [0, 0.05) is 24.9 Å². The van der Waals surface area contributed by atoms with Crippen LogP contribution in [0.4, 0.5) is 5.82 Å². The van der Waals surface area contributed by atoms with Gasteiger partial charge in [-0.15, -0.1) is 11.3 Å². The highest BCUT2D eigenvalue weighted by molar-refractivity contribution is 7.19. The number of benzene rings is 1. The summed E-state index contributed by atoms with van der Waals surface area (Å²) in [7, 11) is 0. The molecule has 1 aliphatic carbocycles. The maximum atomic E-state index is 14.0. The Morgan fingerprint density at radius 1 is 1.05 bits per heavy atom. The van der Waals surface area contributed by atoms with Crippen molar-refractivity contribution in [1.29, 1.82) is 0 Å². The van der Waals surface area contributed by atoms with Crippen LogP contribution in [0.3, 0.4) is 0 Å². The largest absolute Gasteiger partial charge is 0.344 e. The first kappa shape index (κ1) is 28.9. The SMILES string of the molecule is CC[C@@H](C)C(=O)N[C@H](C(=O)N1CCC[C@H]1C(=O)Nc1nc(-c2cnccn2)sc1-c1ccccc1)C1CCCCC1. The number of anilines is 1. The van der Waals surface area contributed by atoms with E-state index in [1.54, 1.807) is 23.5 Å². The van der Waals surface area contributed by atoms with E-state index in [1.807, 2.05) is 44.2 Å². The second-order valence-corrected chi connectivity index (χ2v) is 12.0. The lowest BCUT2D eigenvalue weighted by Crippen LogP contribution is -2.56. The highest BCUT2D eigenvalue weighted by atomic mass is 32.1. The first-order valence-corrected chi connectivity index (χ1v) is 15.5. The summed E-state index contributed by atoms with van der Waals surface area (Å²) >= 11 is 1.44. The van der Waals surface area contributed by atoms with E-state index in [0.29, 0.717) is 35.9 Å². The molecule has 216 valence electrons. The van der Waals surface area contributed by atoms with Crippen LogP contribution >= 0.6 is 11.3 Å². The normalized spacial score (nSPS) is 19.0. The molecule has 3 atom stereocenters. The summed E-state index contributed by atoms with van der Waals surface area (Å²) in [6.07, 6.45) is 11.9. The topological polar surface area (TPSA) is 117 Å². The number of likely N-dealkylation sites (tertiary alicyclic amines) is 1. The maximum Gasteiger partial charge on any atom is 0.248 e. The van der Waals surface area contributed by atoms with Crippen LogP contribution in [0.15, 0.2) is 48.9 Å². The van der Waals surface area contributed by atoms with Crippen molar-refractivity contribution in [2.75, 3.05) is 11.9 Å². The predicted octanol–water partition coefficient (Wildman–Crippen LogP) is 5.31. The third-order valence-corrected chi connectivity index (χ3v) is 9.40. The quantitative estimate of drug-likeness (QED) is 0.358. The number of carbonyl (C=O) groups excluding carboxylic acids is 3. The van der Waals surface area contributed by atoms with Crippen LogP contribution in [0.25, 0.3) is 21.1 Å². The van der Waals surface area contributed by atoms with E-state index in [4.69, 9.17) is 4.98 Å². The molecule has 1 saturated heterocycles. The highest BCUT2D eigenvalue weighted by Crippen LogP contribution is 2.38. The van der Waals surface area contributed by atoms with E-state index in [2.05, 4.69) is 20.6 Å². The van der Waals surface area contributed by atoms with Crippen molar-refractivity contribution in [3.8, 4) is 21.1 Å². The molecule has 9 nitrogen and oxygen atoms in total. The van der Waals surface area contributed by atoms with Gasteiger partial charge in [-0.2, -0.15) is 0 Å². The number of thiazole rings is 1. The Morgan fingerprint density at radius 2 is 1.83 bits per heavy atom. The molecule has 1 saturated carbocycles. The van der Waals surface area contributed by atoms with Gasteiger partial charge in [-0.25, -0.2) is 4.98 Å². The number of rotatable bonds is 9. The molecule has 0 unspecified atom stereocenters. The molecular weight excluding hydrogens is 536 g/mol. The van der Waals surface area contributed by atoms with Crippen LogP contribution in [0.5, 0.6) is 0 Å². The lowest BCUT2D eigenvalue weighted by molar-refractivity contribution is -0.142. The van der Waals surface area contributed by atoms with Gasteiger partial charge in [-0.05, 0) is 43.6 Å². The average molecular weight is 575 g/mol. The number of hydrogen-bond acceptors (Lipinski definition) is 7. The van der Waals surface area contributed by atoms with Crippen LogP contribution in [-0.2, 0) is 14.4 Å². The fraction of sp³-hybridized carbons (Fsp3) is 0.484. The number of nitrogens with one attached hydrogen (secondary N) is 2. The van der Waals surface area contributed by atoms with Gasteiger partial charge in [-0.1, -0.05) is 63.4 Å². The lowest BCUT2D eigenvalue weighted by atomic mass is 9.83. The van der Waals surface area contributed by atoms with Crippen molar-refractivity contribution in [3.63, 3.8) is 0 Å². The predicted molar refractivity (Wildman–Crippen MR) is 160 cm³/mol. The fourth-order valence-electron chi connectivity index (χ4n) is 5.72. The maximum absolute atomic E-state index is 14.0. The third-order valence-electron chi connectivity index (χ3n) is 8.27. The minimum absolute atomic E-state index is 0.0892. The van der Waals surface area contributed by atoms with E-state index in [-0.39, 0.29) is 29.6 Å². The molecule has 3 heterocycles. The molecule has 3 amide bonds. The van der Waals surface area contributed by atoms with Gasteiger partial charge in [-0.3, -0.25) is 24.4 Å². The summed E-state index contributed by atoms with van der Waals surface area (Å²) < 4.78 is 0. The highest BCUT2D eigenvalue weighted by Gasteiger charge is 2.41. The minimum Gasteiger partial charge on any atom is -0.344 e. The van der Waals surface area contributed by atoms with E-state index in [9.17, 15) is 14.4 Å². The van der Waals surface area contributed by atoms with Gasteiger partial charge in [0.25, 0.3) is 0 Å². The Kier molecular flexibility index (Phi) is 9.38. The molecule has 0 radical (unpaired) electrons. The van der Waals surface area contributed by atoms with E-state index in [1.165, 1.54) is 11.3 Å². The van der Waals surface area contributed by atoms with Crippen molar-refractivity contribution in [1.82, 2.24) is 25.2 Å². The molecule has 5 rings (SSSR count). The van der Waals surface area contributed by atoms with Gasteiger partial charge in [0.2, 0.25) is 17.7 Å². The zero-order valence-electron chi connectivity index (χ0n) is 23.7. The van der Waals surface area contributed by atoms with Crippen molar-refractivity contribution in [3.05, 3.63) is 48.9 Å². The zero-order valence-corrected chi connectivity index (χ0v) is 24.5. The summed E-state index contributed by atoms with van der Waals surface area (Å²) in [5, 5.41) is 6.78. The molecule has 3 aromatic rings. The molecule has 41 heavy (non-hydrogen) atoms. The Bertz CT molecular complexity index is 1340. The summed E-state index contributed by atoms with van der Waals surface area (Å²) in [4.78, 5) is 56.5. The van der Waals surface area contributed by atoms with Crippen LogP contribution in [-0.4, -0.2) is 56.2 Å². The molecule has 2 aliphatic rings. The monoisotopic (exact) mass is 574 g/mol. The van der Waals surface area contributed by atoms with Gasteiger partial charge in [0.05, 0.1) is 11.1 Å². The van der Waals surface area contributed by atoms with E-state index >= 15 is 0 Å². The van der Waals surface area contributed by atoms with Crippen molar-refractivity contribution in [2.24, 2.45) is 11.8 Å². The summed E-state index contributed by atoms with van der Waals surface area (Å²) in [6, 6.07) is 8.55.